The van der Waals surface area contributed by atoms with Gasteiger partial charge in [-0.3, -0.25) is 24.6 Å². The van der Waals surface area contributed by atoms with Crippen LogP contribution in [-0.2, 0) is 21.0 Å². The molecule has 0 atom stereocenters. The van der Waals surface area contributed by atoms with E-state index in [2.05, 4.69) is 10.6 Å². The minimum absolute atomic E-state index is 0.146. The van der Waals surface area contributed by atoms with Gasteiger partial charge in [0.1, 0.15) is 23.7 Å². The highest BCUT2D eigenvalue weighted by Crippen LogP contribution is 2.25. The molecule has 2 aromatic rings. The molecule has 31 heavy (non-hydrogen) atoms. The van der Waals surface area contributed by atoms with Gasteiger partial charge >= 0.3 is 6.03 Å². The molecule has 1 fully saturated rings. The van der Waals surface area contributed by atoms with Gasteiger partial charge in [-0.2, -0.15) is 0 Å². The number of ether oxygens (including phenoxy) is 2. The number of hydrogen-bond donors (Lipinski definition) is 2. The van der Waals surface area contributed by atoms with Crippen LogP contribution in [0.4, 0.5) is 10.5 Å². The number of imide groups is 2. The number of rotatable bonds is 6. The molecule has 1 heterocycles. The topological polar surface area (TPSA) is 114 Å². The lowest BCUT2D eigenvalue weighted by atomic mass is 10.0. The standard InChI is InChI=1S/C22H21N3O6/c1-13(26)23-16-5-7-17(8-6-16)31-12-15-10-14(4-9-19(15)30-3)11-18-20(27)24-22(29)25(2)21(18)28/h4-11H,12H2,1-3H3,(H,23,26)(H,24,27,29). The SMILES string of the molecule is COc1ccc(C=C2C(=O)NC(=O)N(C)C2=O)cc1COc1ccc(NC(C)=O)cc1. The van der Waals surface area contributed by atoms with Gasteiger partial charge in [-0.15, -0.1) is 0 Å². The van der Waals surface area contributed by atoms with Crippen molar-refractivity contribution in [2.75, 3.05) is 19.5 Å². The van der Waals surface area contributed by atoms with Crippen molar-refractivity contribution in [3.8, 4) is 11.5 Å². The summed E-state index contributed by atoms with van der Waals surface area (Å²) >= 11 is 0. The van der Waals surface area contributed by atoms with Crippen molar-refractivity contribution < 1.29 is 28.7 Å². The zero-order valence-electron chi connectivity index (χ0n) is 17.2. The molecular weight excluding hydrogens is 402 g/mol. The molecule has 1 saturated heterocycles. The summed E-state index contributed by atoms with van der Waals surface area (Å²) in [5.74, 6) is -0.432. The van der Waals surface area contributed by atoms with Gasteiger partial charge in [0, 0.05) is 25.2 Å². The van der Waals surface area contributed by atoms with Crippen LogP contribution in [0.2, 0.25) is 0 Å². The fourth-order valence-corrected chi connectivity index (χ4v) is 2.91. The summed E-state index contributed by atoms with van der Waals surface area (Å²) in [5.41, 5.74) is 1.77. The van der Waals surface area contributed by atoms with Crippen LogP contribution in [0.1, 0.15) is 18.1 Å². The van der Waals surface area contributed by atoms with Gasteiger partial charge in [0.25, 0.3) is 11.8 Å². The van der Waals surface area contributed by atoms with Crippen LogP contribution in [0.3, 0.4) is 0 Å². The number of urea groups is 1. The van der Waals surface area contributed by atoms with Crippen molar-refractivity contribution in [2.45, 2.75) is 13.5 Å². The van der Waals surface area contributed by atoms with Gasteiger partial charge in [-0.05, 0) is 48.0 Å². The Balaban J connectivity index is 1.79. The normalized spacial score (nSPS) is 15.0. The van der Waals surface area contributed by atoms with Crippen LogP contribution in [0.15, 0.2) is 48.0 Å². The third kappa shape index (κ3) is 5.08. The van der Waals surface area contributed by atoms with Crippen LogP contribution in [0, 0.1) is 0 Å². The Bertz CT molecular complexity index is 1080. The largest absolute Gasteiger partial charge is 0.496 e. The molecule has 1 aliphatic heterocycles. The molecule has 9 nitrogen and oxygen atoms in total. The van der Waals surface area contributed by atoms with E-state index in [4.69, 9.17) is 9.47 Å². The van der Waals surface area contributed by atoms with E-state index in [0.717, 1.165) is 4.90 Å². The van der Waals surface area contributed by atoms with E-state index < -0.39 is 17.8 Å². The van der Waals surface area contributed by atoms with Crippen LogP contribution < -0.4 is 20.1 Å². The van der Waals surface area contributed by atoms with Crippen molar-refractivity contribution in [1.82, 2.24) is 10.2 Å². The number of barbiturate groups is 1. The summed E-state index contributed by atoms with van der Waals surface area (Å²) in [6.45, 7) is 1.59. The second-order valence-corrected chi connectivity index (χ2v) is 6.75. The molecule has 160 valence electrons. The zero-order chi connectivity index (χ0) is 22.5. The molecule has 0 unspecified atom stereocenters. The monoisotopic (exact) mass is 423 g/mol. The average molecular weight is 423 g/mol. The summed E-state index contributed by atoms with van der Waals surface area (Å²) in [4.78, 5) is 47.8. The minimum atomic E-state index is -0.763. The van der Waals surface area contributed by atoms with Crippen LogP contribution in [-0.4, -0.2) is 42.8 Å². The first-order valence-electron chi connectivity index (χ1n) is 9.31. The number of carbonyl (C=O) groups is 4. The van der Waals surface area contributed by atoms with Gasteiger partial charge in [-0.1, -0.05) is 6.07 Å². The first kappa shape index (κ1) is 21.6. The highest BCUT2D eigenvalue weighted by Gasteiger charge is 2.33. The van der Waals surface area contributed by atoms with Gasteiger partial charge in [0.2, 0.25) is 5.91 Å². The average Bonchev–Trinajstić information content (AvgIpc) is 2.74. The molecule has 0 radical (unpaired) electrons. The number of anilines is 1. The number of nitrogens with one attached hydrogen (secondary N) is 2. The lowest BCUT2D eigenvalue weighted by molar-refractivity contribution is -0.129. The smallest absolute Gasteiger partial charge is 0.331 e. The Kier molecular flexibility index (Phi) is 6.35. The maximum Gasteiger partial charge on any atom is 0.331 e. The van der Waals surface area contributed by atoms with E-state index >= 15 is 0 Å². The summed E-state index contributed by atoms with van der Waals surface area (Å²) in [6.07, 6.45) is 1.41. The van der Waals surface area contributed by atoms with E-state index in [9.17, 15) is 19.2 Å². The van der Waals surface area contributed by atoms with Gasteiger partial charge in [0.05, 0.1) is 7.11 Å². The fourth-order valence-electron chi connectivity index (χ4n) is 2.91. The highest BCUT2D eigenvalue weighted by atomic mass is 16.5. The molecule has 0 bridgehead atoms. The van der Waals surface area contributed by atoms with Crippen molar-refractivity contribution in [3.63, 3.8) is 0 Å². The fraction of sp³-hybridized carbons (Fsp3) is 0.182. The van der Waals surface area contributed by atoms with Gasteiger partial charge in [-0.25, -0.2) is 4.79 Å². The minimum Gasteiger partial charge on any atom is -0.496 e. The zero-order valence-corrected chi connectivity index (χ0v) is 17.2. The summed E-state index contributed by atoms with van der Waals surface area (Å²) in [5, 5.41) is 4.79. The van der Waals surface area contributed by atoms with Crippen LogP contribution in [0.25, 0.3) is 6.08 Å². The molecule has 9 heteroatoms. The first-order valence-corrected chi connectivity index (χ1v) is 9.31. The van der Waals surface area contributed by atoms with Crippen molar-refractivity contribution in [1.29, 1.82) is 0 Å². The Morgan fingerprint density at radius 2 is 1.84 bits per heavy atom. The summed E-state index contributed by atoms with van der Waals surface area (Å²) in [6, 6.07) is 11.2. The third-order valence-electron chi connectivity index (χ3n) is 4.49. The molecule has 0 aromatic heterocycles. The first-order chi connectivity index (χ1) is 14.8. The predicted octanol–water partition coefficient (Wildman–Crippen LogP) is 2.32. The van der Waals surface area contributed by atoms with E-state index in [-0.39, 0.29) is 18.1 Å². The summed E-state index contributed by atoms with van der Waals surface area (Å²) < 4.78 is 11.2. The third-order valence-corrected chi connectivity index (χ3v) is 4.49. The molecule has 2 N–H and O–H groups in total. The molecule has 1 aliphatic rings. The molecule has 5 amide bonds. The number of likely N-dealkylation sites (N-methyl/N-ethyl adjacent to an activating group) is 1. The van der Waals surface area contributed by atoms with E-state index in [0.29, 0.717) is 28.3 Å². The second-order valence-electron chi connectivity index (χ2n) is 6.75. The molecule has 2 aromatic carbocycles. The lowest BCUT2D eigenvalue weighted by Crippen LogP contribution is -2.52. The maximum atomic E-state index is 12.3. The Labute approximate surface area is 178 Å². The van der Waals surface area contributed by atoms with E-state index in [1.807, 2.05) is 0 Å². The van der Waals surface area contributed by atoms with Crippen molar-refractivity contribution in [3.05, 3.63) is 59.2 Å². The van der Waals surface area contributed by atoms with Gasteiger partial charge < -0.3 is 14.8 Å². The number of methoxy groups -OCH3 is 1. The number of benzene rings is 2. The lowest BCUT2D eigenvalue weighted by Gasteiger charge is -2.22. The quantitative estimate of drug-likeness (QED) is 0.545. The Morgan fingerprint density at radius 3 is 2.48 bits per heavy atom. The number of hydrogen-bond acceptors (Lipinski definition) is 6. The van der Waals surface area contributed by atoms with E-state index in [1.165, 1.54) is 27.2 Å². The molecule has 0 saturated carbocycles. The Morgan fingerprint density at radius 1 is 1.13 bits per heavy atom. The van der Waals surface area contributed by atoms with Crippen LogP contribution in [0.5, 0.6) is 11.5 Å². The Hall–Kier alpha value is -4.14. The molecular formula is C22H21N3O6. The number of nitrogens with zero attached hydrogens (tertiary/aromatic N) is 1. The molecule has 3 rings (SSSR count). The summed E-state index contributed by atoms with van der Waals surface area (Å²) in [7, 11) is 2.82. The molecule has 0 aliphatic carbocycles. The number of carbonyl (C=O) groups excluding carboxylic acids is 4. The predicted molar refractivity (Wildman–Crippen MR) is 112 cm³/mol. The van der Waals surface area contributed by atoms with Crippen molar-refractivity contribution in [2.24, 2.45) is 0 Å². The highest BCUT2D eigenvalue weighted by molar-refractivity contribution is 6.30. The van der Waals surface area contributed by atoms with E-state index in [1.54, 1.807) is 42.5 Å². The maximum absolute atomic E-state index is 12.3. The van der Waals surface area contributed by atoms with Gasteiger partial charge in [0.15, 0.2) is 0 Å². The van der Waals surface area contributed by atoms with Crippen molar-refractivity contribution >= 4 is 35.5 Å². The second kappa shape index (κ2) is 9.12. The number of amides is 5. The molecule has 0 spiro atoms. The van der Waals surface area contributed by atoms with Crippen LogP contribution >= 0.6 is 0 Å².